The number of fused-ring (bicyclic) bond motifs is 1. The zero-order valence-corrected chi connectivity index (χ0v) is 12.4. The Hall–Kier alpha value is -1.88. The molecule has 0 atom stereocenters. The first kappa shape index (κ1) is 14.5. The molecule has 0 aromatic carbocycles. The summed E-state index contributed by atoms with van der Waals surface area (Å²) >= 11 is 0. The number of likely N-dealkylation sites (N-methyl/N-ethyl adjacent to an activating group) is 1. The van der Waals surface area contributed by atoms with E-state index in [0.29, 0.717) is 6.61 Å². The average Bonchev–Trinajstić information content (AvgIpc) is 2.79. The average molecular weight is 275 g/mol. The summed E-state index contributed by atoms with van der Waals surface area (Å²) in [5.74, 6) is -0.112. The van der Waals surface area contributed by atoms with Crippen LogP contribution in [-0.2, 0) is 14.9 Å². The SMILES string of the molecule is CNC(=O)COCC(C)(C)c1ccc2c(C)cnn2c1. The summed E-state index contributed by atoms with van der Waals surface area (Å²) in [7, 11) is 1.60. The van der Waals surface area contributed by atoms with Gasteiger partial charge in [0.1, 0.15) is 6.61 Å². The van der Waals surface area contributed by atoms with Gasteiger partial charge in [0.2, 0.25) is 5.91 Å². The van der Waals surface area contributed by atoms with Gasteiger partial charge in [0.15, 0.2) is 0 Å². The maximum atomic E-state index is 11.2. The van der Waals surface area contributed by atoms with Gasteiger partial charge in [-0.15, -0.1) is 0 Å². The van der Waals surface area contributed by atoms with Crippen molar-refractivity contribution in [3.8, 4) is 0 Å². The second-order valence-corrected chi connectivity index (χ2v) is 5.63. The minimum atomic E-state index is -0.179. The fourth-order valence-electron chi connectivity index (χ4n) is 2.07. The quantitative estimate of drug-likeness (QED) is 0.903. The predicted octanol–water partition coefficient (Wildman–Crippen LogP) is 1.68. The summed E-state index contributed by atoms with van der Waals surface area (Å²) in [5.41, 5.74) is 3.22. The number of hydrogen-bond acceptors (Lipinski definition) is 3. The molecule has 0 unspecified atom stereocenters. The summed E-state index contributed by atoms with van der Waals surface area (Å²) in [6.45, 7) is 6.79. The normalized spacial score (nSPS) is 11.8. The third kappa shape index (κ3) is 2.99. The van der Waals surface area contributed by atoms with Gasteiger partial charge in [-0.25, -0.2) is 4.52 Å². The van der Waals surface area contributed by atoms with Crippen LogP contribution in [0.2, 0.25) is 0 Å². The molecule has 0 spiro atoms. The van der Waals surface area contributed by atoms with Gasteiger partial charge in [-0.3, -0.25) is 4.79 Å². The molecule has 2 aromatic heterocycles. The highest BCUT2D eigenvalue weighted by Crippen LogP contribution is 2.24. The number of carbonyl (C=O) groups excluding carboxylic acids is 1. The Morgan fingerprint density at radius 1 is 1.45 bits per heavy atom. The molecule has 0 aliphatic heterocycles. The number of hydrogen-bond donors (Lipinski definition) is 1. The topological polar surface area (TPSA) is 55.6 Å². The van der Waals surface area contributed by atoms with E-state index < -0.39 is 0 Å². The van der Waals surface area contributed by atoms with Crippen LogP contribution in [-0.4, -0.2) is 35.8 Å². The number of aryl methyl sites for hydroxylation is 1. The Morgan fingerprint density at radius 2 is 2.20 bits per heavy atom. The number of ether oxygens (including phenoxy) is 1. The standard InChI is InChI=1S/C15H21N3O2/c1-11-7-17-18-8-12(5-6-13(11)18)15(2,3)10-20-9-14(19)16-4/h5-8H,9-10H2,1-4H3,(H,16,19). The van der Waals surface area contributed by atoms with E-state index in [9.17, 15) is 4.79 Å². The van der Waals surface area contributed by atoms with Crippen molar-refractivity contribution >= 4 is 11.4 Å². The summed E-state index contributed by atoms with van der Waals surface area (Å²) in [5, 5.41) is 6.87. The van der Waals surface area contributed by atoms with Crippen LogP contribution in [0.3, 0.4) is 0 Å². The fraction of sp³-hybridized carbons (Fsp3) is 0.467. The lowest BCUT2D eigenvalue weighted by molar-refractivity contribution is -0.125. The molecule has 1 amide bonds. The first-order valence-electron chi connectivity index (χ1n) is 6.67. The van der Waals surface area contributed by atoms with Crippen molar-refractivity contribution in [2.45, 2.75) is 26.2 Å². The van der Waals surface area contributed by atoms with E-state index in [0.717, 1.165) is 16.6 Å². The van der Waals surface area contributed by atoms with Crippen molar-refractivity contribution in [1.82, 2.24) is 14.9 Å². The number of nitrogens with zero attached hydrogens (tertiary/aromatic N) is 2. The number of pyridine rings is 1. The first-order chi connectivity index (χ1) is 9.44. The molecule has 0 aliphatic carbocycles. The van der Waals surface area contributed by atoms with Gasteiger partial charge in [-0.2, -0.15) is 5.10 Å². The highest BCUT2D eigenvalue weighted by molar-refractivity contribution is 5.76. The minimum absolute atomic E-state index is 0.0864. The molecule has 0 bridgehead atoms. The maximum Gasteiger partial charge on any atom is 0.245 e. The van der Waals surface area contributed by atoms with Crippen LogP contribution in [0, 0.1) is 6.92 Å². The van der Waals surface area contributed by atoms with Crippen LogP contribution in [0.1, 0.15) is 25.0 Å². The smallest absolute Gasteiger partial charge is 0.245 e. The fourth-order valence-corrected chi connectivity index (χ4v) is 2.07. The van der Waals surface area contributed by atoms with Crippen molar-refractivity contribution in [3.63, 3.8) is 0 Å². The van der Waals surface area contributed by atoms with E-state index in [2.05, 4.69) is 36.4 Å². The number of amides is 1. The van der Waals surface area contributed by atoms with E-state index in [1.54, 1.807) is 7.05 Å². The van der Waals surface area contributed by atoms with Gasteiger partial charge in [-0.1, -0.05) is 19.9 Å². The predicted molar refractivity (Wildman–Crippen MR) is 77.8 cm³/mol. The molecule has 1 N–H and O–H groups in total. The summed E-state index contributed by atoms with van der Waals surface area (Å²) in [6, 6.07) is 4.16. The summed E-state index contributed by atoms with van der Waals surface area (Å²) in [4.78, 5) is 11.2. The highest BCUT2D eigenvalue weighted by Gasteiger charge is 2.22. The Balaban J connectivity index is 2.12. The molecule has 2 rings (SSSR count). The molecule has 0 saturated carbocycles. The molecule has 5 heteroatoms. The lowest BCUT2D eigenvalue weighted by Gasteiger charge is -2.25. The summed E-state index contributed by atoms with van der Waals surface area (Å²) in [6.07, 6.45) is 3.87. The highest BCUT2D eigenvalue weighted by atomic mass is 16.5. The number of carbonyl (C=O) groups is 1. The molecule has 0 saturated heterocycles. The molecular formula is C15H21N3O2. The number of aromatic nitrogens is 2. The van der Waals surface area contributed by atoms with Gasteiger partial charge >= 0.3 is 0 Å². The van der Waals surface area contributed by atoms with Crippen molar-refractivity contribution < 1.29 is 9.53 Å². The molecule has 2 heterocycles. The lowest BCUT2D eigenvalue weighted by atomic mass is 9.86. The third-order valence-electron chi connectivity index (χ3n) is 3.47. The van der Waals surface area contributed by atoms with Crippen LogP contribution < -0.4 is 5.32 Å². The molecule has 20 heavy (non-hydrogen) atoms. The monoisotopic (exact) mass is 275 g/mol. The Morgan fingerprint density at radius 3 is 2.90 bits per heavy atom. The van der Waals surface area contributed by atoms with Gasteiger partial charge in [0, 0.05) is 18.7 Å². The van der Waals surface area contributed by atoms with E-state index in [1.165, 1.54) is 0 Å². The molecule has 5 nitrogen and oxygen atoms in total. The Kier molecular flexibility index (Phi) is 4.09. The zero-order valence-electron chi connectivity index (χ0n) is 12.4. The van der Waals surface area contributed by atoms with Crippen LogP contribution >= 0.6 is 0 Å². The number of nitrogens with one attached hydrogen (secondary N) is 1. The third-order valence-corrected chi connectivity index (χ3v) is 3.47. The van der Waals surface area contributed by atoms with E-state index in [1.807, 2.05) is 23.8 Å². The molecule has 108 valence electrons. The summed E-state index contributed by atoms with van der Waals surface area (Å²) < 4.78 is 7.36. The van der Waals surface area contributed by atoms with Crippen molar-refractivity contribution in [1.29, 1.82) is 0 Å². The van der Waals surface area contributed by atoms with Gasteiger partial charge in [-0.05, 0) is 24.1 Å². The van der Waals surface area contributed by atoms with Gasteiger partial charge < -0.3 is 10.1 Å². The lowest BCUT2D eigenvalue weighted by Crippen LogP contribution is -2.29. The molecule has 0 fully saturated rings. The van der Waals surface area contributed by atoms with Gasteiger partial charge in [0.05, 0.1) is 18.3 Å². The maximum absolute atomic E-state index is 11.2. The van der Waals surface area contributed by atoms with E-state index in [-0.39, 0.29) is 17.9 Å². The van der Waals surface area contributed by atoms with Crippen molar-refractivity contribution in [2.24, 2.45) is 0 Å². The number of rotatable bonds is 5. The largest absolute Gasteiger partial charge is 0.371 e. The molecular weight excluding hydrogens is 254 g/mol. The van der Waals surface area contributed by atoms with Crippen molar-refractivity contribution in [2.75, 3.05) is 20.3 Å². The second-order valence-electron chi connectivity index (χ2n) is 5.63. The van der Waals surface area contributed by atoms with E-state index in [4.69, 9.17) is 4.74 Å². The van der Waals surface area contributed by atoms with Crippen LogP contribution in [0.4, 0.5) is 0 Å². The van der Waals surface area contributed by atoms with Crippen LogP contribution in [0.5, 0.6) is 0 Å². The van der Waals surface area contributed by atoms with Crippen molar-refractivity contribution in [3.05, 3.63) is 35.7 Å². The first-order valence-corrected chi connectivity index (χ1v) is 6.67. The van der Waals surface area contributed by atoms with Crippen LogP contribution in [0.15, 0.2) is 24.5 Å². The zero-order chi connectivity index (χ0) is 14.8. The molecule has 2 aromatic rings. The second kappa shape index (κ2) is 5.63. The van der Waals surface area contributed by atoms with E-state index >= 15 is 0 Å². The minimum Gasteiger partial charge on any atom is -0.371 e. The van der Waals surface area contributed by atoms with Gasteiger partial charge in [0.25, 0.3) is 0 Å². The van der Waals surface area contributed by atoms with Crippen LogP contribution in [0.25, 0.3) is 5.52 Å². The Labute approximate surface area is 118 Å². The Bertz CT molecular complexity index is 617. The molecule has 0 aliphatic rings. The molecule has 0 radical (unpaired) electrons.